The first kappa shape index (κ1) is 16.0. The van der Waals surface area contributed by atoms with Gasteiger partial charge in [0.1, 0.15) is 5.75 Å². The second kappa shape index (κ2) is 7.18. The SMILES string of the molecule is NC(=NCCC1Cc2ccccc2C1)NC1CCOc2ccccc21. The van der Waals surface area contributed by atoms with Crippen LogP contribution in [0, 0.1) is 5.92 Å². The van der Waals surface area contributed by atoms with Crippen LogP contribution < -0.4 is 15.8 Å². The van der Waals surface area contributed by atoms with E-state index < -0.39 is 0 Å². The molecule has 4 nitrogen and oxygen atoms in total. The second-order valence-corrected chi connectivity index (χ2v) is 6.97. The first-order valence-corrected chi connectivity index (χ1v) is 9.14. The largest absolute Gasteiger partial charge is 0.493 e. The number of aliphatic imine (C=N–C) groups is 1. The van der Waals surface area contributed by atoms with Gasteiger partial charge in [0.25, 0.3) is 0 Å². The van der Waals surface area contributed by atoms with Gasteiger partial charge in [0, 0.05) is 18.5 Å². The minimum Gasteiger partial charge on any atom is -0.493 e. The quantitative estimate of drug-likeness (QED) is 0.666. The van der Waals surface area contributed by atoms with E-state index in [1.54, 1.807) is 0 Å². The zero-order valence-corrected chi connectivity index (χ0v) is 14.4. The molecule has 0 spiro atoms. The van der Waals surface area contributed by atoms with Gasteiger partial charge in [-0.2, -0.15) is 0 Å². The number of guanidine groups is 1. The Morgan fingerprint density at radius 1 is 1.08 bits per heavy atom. The van der Waals surface area contributed by atoms with Crippen LogP contribution in [-0.2, 0) is 12.8 Å². The fourth-order valence-corrected chi connectivity index (χ4v) is 3.94. The molecule has 0 saturated carbocycles. The molecule has 0 amide bonds. The summed E-state index contributed by atoms with van der Waals surface area (Å²) in [4.78, 5) is 4.56. The molecule has 2 aromatic carbocycles. The number of para-hydroxylation sites is 1. The van der Waals surface area contributed by atoms with E-state index in [1.807, 2.05) is 18.2 Å². The van der Waals surface area contributed by atoms with E-state index in [4.69, 9.17) is 10.5 Å². The van der Waals surface area contributed by atoms with E-state index in [1.165, 1.54) is 24.0 Å². The van der Waals surface area contributed by atoms with Gasteiger partial charge in [0.15, 0.2) is 5.96 Å². The molecular weight excluding hydrogens is 310 g/mol. The van der Waals surface area contributed by atoms with Crippen molar-refractivity contribution in [2.75, 3.05) is 13.2 Å². The Morgan fingerprint density at radius 3 is 2.60 bits per heavy atom. The molecule has 25 heavy (non-hydrogen) atoms. The molecule has 2 aromatic rings. The van der Waals surface area contributed by atoms with Crippen molar-refractivity contribution in [3.05, 3.63) is 65.2 Å². The summed E-state index contributed by atoms with van der Waals surface area (Å²) in [5.74, 6) is 2.18. The zero-order chi connectivity index (χ0) is 17.1. The maximum atomic E-state index is 6.13. The van der Waals surface area contributed by atoms with E-state index >= 15 is 0 Å². The molecule has 1 atom stereocenters. The summed E-state index contributed by atoms with van der Waals surface area (Å²) in [6, 6.07) is 17.1. The molecule has 0 aromatic heterocycles. The summed E-state index contributed by atoms with van der Waals surface area (Å²) >= 11 is 0. The molecular formula is C21H25N3O. The average Bonchev–Trinajstić information content (AvgIpc) is 3.05. The molecule has 0 fully saturated rings. The molecule has 1 unspecified atom stereocenters. The number of fused-ring (bicyclic) bond motifs is 2. The zero-order valence-electron chi connectivity index (χ0n) is 14.4. The lowest BCUT2D eigenvalue weighted by Gasteiger charge is -2.27. The summed E-state index contributed by atoms with van der Waals surface area (Å²) in [6.07, 6.45) is 4.34. The highest BCUT2D eigenvalue weighted by atomic mass is 16.5. The number of ether oxygens (including phenoxy) is 1. The van der Waals surface area contributed by atoms with Gasteiger partial charge in [-0.05, 0) is 42.4 Å². The topological polar surface area (TPSA) is 59.6 Å². The molecule has 4 heteroatoms. The number of benzene rings is 2. The van der Waals surface area contributed by atoms with Crippen LogP contribution in [0.25, 0.3) is 0 Å². The Bertz CT molecular complexity index is 746. The predicted molar refractivity (Wildman–Crippen MR) is 101 cm³/mol. The summed E-state index contributed by atoms with van der Waals surface area (Å²) in [7, 11) is 0. The smallest absolute Gasteiger partial charge is 0.189 e. The van der Waals surface area contributed by atoms with Crippen LogP contribution in [0.2, 0.25) is 0 Å². The number of nitrogens with one attached hydrogen (secondary N) is 1. The highest BCUT2D eigenvalue weighted by Crippen LogP contribution is 2.31. The highest BCUT2D eigenvalue weighted by molar-refractivity contribution is 5.78. The summed E-state index contributed by atoms with van der Waals surface area (Å²) < 4.78 is 5.69. The molecule has 2 aliphatic rings. The minimum absolute atomic E-state index is 0.185. The minimum atomic E-state index is 0.185. The van der Waals surface area contributed by atoms with Crippen LogP contribution in [-0.4, -0.2) is 19.1 Å². The number of nitrogens with two attached hydrogens (primary N) is 1. The van der Waals surface area contributed by atoms with Gasteiger partial charge in [0.2, 0.25) is 0 Å². The lowest BCUT2D eigenvalue weighted by atomic mass is 10.0. The van der Waals surface area contributed by atoms with Crippen molar-refractivity contribution < 1.29 is 4.74 Å². The number of hydrogen-bond acceptors (Lipinski definition) is 2. The fourth-order valence-electron chi connectivity index (χ4n) is 3.94. The number of hydrogen-bond donors (Lipinski definition) is 2. The molecule has 0 radical (unpaired) electrons. The molecule has 4 rings (SSSR count). The van der Waals surface area contributed by atoms with Gasteiger partial charge in [-0.1, -0.05) is 42.5 Å². The van der Waals surface area contributed by atoms with Crippen LogP contribution in [0.4, 0.5) is 0 Å². The average molecular weight is 335 g/mol. The van der Waals surface area contributed by atoms with Crippen molar-refractivity contribution in [1.82, 2.24) is 5.32 Å². The maximum absolute atomic E-state index is 6.13. The molecule has 0 saturated heterocycles. The van der Waals surface area contributed by atoms with E-state index in [0.717, 1.165) is 30.7 Å². The lowest BCUT2D eigenvalue weighted by Crippen LogP contribution is -2.37. The molecule has 1 aliphatic carbocycles. The summed E-state index contributed by atoms with van der Waals surface area (Å²) in [5, 5.41) is 3.37. The van der Waals surface area contributed by atoms with Crippen molar-refractivity contribution >= 4 is 5.96 Å². The Labute approximate surface area is 149 Å². The van der Waals surface area contributed by atoms with Crippen molar-refractivity contribution in [3.8, 4) is 5.75 Å². The molecule has 130 valence electrons. The first-order valence-electron chi connectivity index (χ1n) is 9.14. The normalized spacial score (nSPS) is 19.8. The van der Waals surface area contributed by atoms with Gasteiger partial charge in [-0.25, -0.2) is 0 Å². The molecule has 3 N–H and O–H groups in total. The first-order chi connectivity index (χ1) is 12.3. The Morgan fingerprint density at radius 2 is 1.80 bits per heavy atom. The van der Waals surface area contributed by atoms with Gasteiger partial charge in [-0.3, -0.25) is 4.99 Å². The van der Waals surface area contributed by atoms with Crippen molar-refractivity contribution in [3.63, 3.8) is 0 Å². The van der Waals surface area contributed by atoms with Crippen LogP contribution in [0.15, 0.2) is 53.5 Å². The van der Waals surface area contributed by atoms with Gasteiger partial charge < -0.3 is 15.8 Å². The van der Waals surface area contributed by atoms with Crippen LogP contribution in [0.1, 0.15) is 35.6 Å². The van der Waals surface area contributed by atoms with Gasteiger partial charge in [-0.15, -0.1) is 0 Å². The number of nitrogens with zero attached hydrogens (tertiary/aromatic N) is 1. The van der Waals surface area contributed by atoms with Crippen LogP contribution >= 0.6 is 0 Å². The molecule has 0 bridgehead atoms. The lowest BCUT2D eigenvalue weighted by molar-refractivity contribution is 0.262. The van der Waals surface area contributed by atoms with Crippen LogP contribution in [0.5, 0.6) is 5.75 Å². The third kappa shape index (κ3) is 3.63. The summed E-state index contributed by atoms with van der Waals surface area (Å²) in [5.41, 5.74) is 10.3. The van der Waals surface area contributed by atoms with Crippen molar-refractivity contribution in [2.45, 2.75) is 31.7 Å². The number of rotatable bonds is 4. The molecule has 1 heterocycles. The Hall–Kier alpha value is -2.49. The third-order valence-electron chi connectivity index (χ3n) is 5.24. The molecule has 1 aliphatic heterocycles. The van der Waals surface area contributed by atoms with Gasteiger partial charge in [0.05, 0.1) is 12.6 Å². The summed E-state index contributed by atoms with van der Waals surface area (Å²) in [6.45, 7) is 1.49. The van der Waals surface area contributed by atoms with Gasteiger partial charge >= 0.3 is 0 Å². The highest BCUT2D eigenvalue weighted by Gasteiger charge is 2.22. The second-order valence-electron chi connectivity index (χ2n) is 6.97. The monoisotopic (exact) mass is 335 g/mol. The fraction of sp³-hybridized carbons (Fsp3) is 0.381. The Kier molecular flexibility index (Phi) is 4.59. The van der Waals surface area contributed by atoms with Crippen molar-refractivity contribution in [2.24, 2.45) is 16.6 Å². The maximum Gasteiger partial charge on any atom is 0.189 e. The van der Waals surface area contributed by atoms with Crippen LogP contribution in [0.3, 0.4) is 0 Å². The van der Waals surface area contributed by atoms with E-state index in [0.29, 0.717) is 18.5 Å². The van der Waals surface area contributed by atoms with E-state index in [-0.39, 0.29) is 6.04 Å². The van der Waals surface area contributed by atoms with E-state index in [9.17, 15) is 0 Å². The third-order valence-corrected chi connectivity index (χ3v) is 5.24. The van der Waals surface area contributed by atoms with E-state index in [2.05, 4.69) is 40.6 Å². The Balaban J connectivity index is 1.30. The van der Waals surface area contributed by atoms with Crippen molar-refractivity contribution in [1.29, 1.82) is 0 Å². The predicted octanol–water partition coefficient (Wildman–Crippen LogP) is 3.22. The standard InChI is InChI=1S/C21H25N3O/c22-21(24-19-10-12-25-20-8-4-3-7-18(19)20)23-11-9-15-13-16-5-1-2-6-17(16)14-15/h1-8,15,19H,9-14H2,(H3,22,23,24).